The predicted octanol–water partition coefficient (Wildman–Crippen LogP) is 2.72. The average molecular weight is 369 g/mol. The van der Waals surface area contributed by atoms with E-state index in [0.717, 1.165) is 0 Å². The molecule has 0 aliphatic carbocycles. The Morgan fingerprint density at radius 1 is 1.15 bits per heavy atom. The molecule has 1 aromatic carbocycles. The van der Waals surface area contributed by atoms with Crippen molar-refractivity contribution < 1.29 is 19.1 Å². The van der Waals surface area contributed by atoms with Crippen LogP contribution in [0.4, 0.5) is 5.69 Å². The third-order valence-corrected chi connectivity index (χ3v) is 3.86. The number of nitrogens with zero attached hydrogens (tertiary/aromatic N) is 2. The first-order valence-electron chi connectivity index (χ1n) is 8.75. The van der Waals surface area contributed by atoms with Gasteiger partial charge in [-0.2, -0.15) is 0 Å². The van der Waals surface area contributed by atoms with Gasteiger partial charge in [0.15, 0.2) is 0 Å². The molecule has 1 heterocycles. The van der Waals surface area contributed by atoms with Crippen molar-refractivity contribution in [1.82, 2.24) is 4.98 Å². The third-order valence-electron chi connectivity index (χ3n) is 3.86. The van der Waals surface area contributed by atoms with Crippen molar-refractivity contribution in [1.29, 1.82) is 0 Å². The maximum absolute atomic E-state index is 13.1. The van der Waals surface area contributed by atoms with Crippen molar-refractivity contribution in [2.24, 2.45) is 5.73 Å². The van der Waals surface area contributed by atoms with E-state index in [1.807, 2.05) is 6.92 Å². The minimum Gasteiger partial charge on any atom is -0.462 e. The molecular formula is C20H23N3O4. The molecule has 7 nitrogen and oxygen atoms in total. The SMILES string of the molecule is CCCN(C(=O)c1ccc(C)nc1C(N)=O)c1cccc(C(=O)OCC)c1. The van der Waals surface area contributed by atoms with Crippen LogP contribution >= 0.6 is 0 Å². The standard InChI is InChI=1S/C20H23N3O4/c1-4-11-23(15-8-6-7-14(12-15)20(26)27-5-2)19(25)16-10-9-13(3)22-17(16)18(21)24/h6-10,12H,4-5,11H2,1-3H3,(H2,21,24). The fourth-order valence-corrected chi connectivity index (χ4v) is 2.65. The number of amides is 2. The molecule has 0 bridgehead atoms. The summed E-state index contributed by atoms with van der Waals surface area (Å²) in [4.78, 5) is 42.5. The van der Waals surface area contributed by atoms with E-state index in [9.17, 15) is 14.4 Å². The maximum Gasteiger partial charge on any atom is 0.338 e. The molecule has 27 heavy (non-hydrogen) atoms. The first kappa shape index (κ1) is 20.1. The highest BCUT2D eigenvalue weighted by molar-refractivity contribution is 6.12. The van der Waals surface area contributed by atoms with Crippen LogP contribution in [0, 0.1) is 6.92 Å². The Hall–Kier alpha value is -3.22. The van der Waals surface area contributed by atoms with E-state index in [0.29, 0.717) is 29.9 Å². The van der Waals surface area contributed by atoms with Crippen LogP contribution in [0.1, 0.15) is 57.2 Å². The molecule has 0 spiro atoms. The number of carbonyl (C=O) groups excluding carboxylic acids is 3. The molecule has 0 atom stereocenters. The number of rotatable bonds is 7. The van der Waals surface area contributed by atoms with Gasteiger partial charge in [0.1, 0.15) is 5.69 Å². The van der Waals surface area contributed by atoms with Crippen molar-refractivity contribution in [3.05, 3.63) is 58.9 Å². The summed E-state index contributed by atoms with van der Waals surface area (Å²) < 4.78 is 5.02. The van der Waals surface area contributed by atoms with Crippen molar-refractivity contribution >= 4 is 23.5 Å². The van der Waals surface area contributed by atoms with Gasteiger partial charge in [0.2, 0.25) is 0 Å². The fraction of sp³-hybridized carbons (Fsp3) is 0.300. The molecule has 2 aromatic rings. The second kappa shape index (κ2) is 8.93. The van der Waals surface area contributed by atoms with Crippen LogP contribution < -0.4 is 10.6 Å². The second-order valence-corrected chi connectivity index (χ2v) is 5.94. The summed E-state index contributed by atoms with van der Waals surface area (Å²) >= 11 is 0. The van der Waals surface area contributed by atoms with Gasteiger partial charge < -0.3 is 15.4 Å². The van der Waals surface area contributed by atoms with Gasteiger partial charge in [-0.05, 0) is 50.6 Å². The van der Waals surface area contributed by atoms with Crippen molar-refractivity contribution in [3.8, 4) is 0 Å². The van der Waals surface area contributed by atoms with Gasteiger partial charge in [0, 0.05) is 17.9 Å². The third kappa shape index (κ3) is 4.69. The van der Waals surface area contributed by atoms with Gasteiger partial charge in [-0.3, -0.25) is 9.59 Å². The van der Waals surface area contributed by atoms with Gasteiger partial charge >= 0.3 is 5.97 Å². The summed E-state index contributed by atoms with van der Waals surface area (Å²) in [5.41, 5.74) is 6.93. The Kier molecular flexibility index (Phi) is 6.65. The molecule has 1 aromatic heterocycles. The number of anilines is 1. The van der Waals surface area contributed by atoms with Gasteiger partial charge in [-0.15, -0.1) is 0 Å². The number of aromatic nitrogens is 1. The van der Waals surface area contributed by atoms with Gasteiger partial charge in [-0.25, -0.2) is 9.78 Å². The van der Waals surface area contributed by atoms with Crippen molar-refractivity contribution in [2.45, 2.75) is 27.2 Å². The molecule has 0 aliphatic rings. The van der Waals surface area contributed by atoms with Crippen LogP contribution in [0.2, 0.25) is 0 Å². The lowest BCUT2D eigenvalue weighted by molar-refractivity contribution is 0.0526. The maximum atomic E-state index is 13.1. The number of ether oxygens (including phenoxy) is 1. The normalized spacial score (nSPS) is 10.3. The van der Waals surface area contributed by atoms with E-state index in [4.69, 9.17) is 10.5 Å². The number of hydrogen-bond acceptors (Lipinski definition) is 5. The minimum atomic E-state index is -0.765. The van der Waals surface area contributed by atoms with Crippen molar-refractivity contribution in [3.63, 3.8) is 0 Å². The Labute approximate surface area is 158 Å². The Morgan fingerprint density at radius 3 is 2.52 bits per heavy atom. The summed E-state index contributed by atoms with van der Waals surface area (Å²) in [5, 5.41) is 0. The predicted molar refractivity (Wildman–Crippen MR) is 102 cm³/mol. The molecule has 0 unspecified atom stereocenters. The van der Waals surface area contributed by atoms with E-state index in [1.54, 1.807) is 50.2 Å². The van der Waals surface area contributed by atoms with E-state index in [-0.39, 0.29) is 17.9 Å². The number of nitrogens with two attached hydrogens (primary N) is 1. The molecule has 2 rings (SSSR count). The number of esters is 1. The van der Waals surface area contributed by atoms with Crippen molar-refractivity contribution in [2.75, 3.05) is 18.1 Å². The number of pyridine rings is 1. The zero-order chi connectivity index (χ0) is 20.0. The van der Waals surface area contributed by atoms with E-state index in [2.05, 4.69) is 4.98 Å². The summed E-state index contributed by atoms with van der Waals surface area (Å²) in [6.45, 7) is 6.03. The van der Waals surface area contributed by atoms with Crippen LogP contribution in [-0.2, 0) is 4.74 Å². The van der Waals surface area contributed by atoms with Crippen LogP contribution in [-0.4, -0.2) is 35.9 Å². The molecular weight excluding hydrogens is 346 g/mol. The lowest BCUT2D eigenvalue weighted by Gasteiger charge is -2.23. The highest BCUT2D eigenvalue weighted by Crippen LogP contribution is 2.21. The number of benzene rings is 1. The number of primary amides is 1. The highest BCUT2D eigenvalue weighted by Gasteiger charge is 2.24. The van der Waals surface area contributed by atoms with Gasteiger partial charge in [0.05, 0.1) is 17.7 Å². The zero-order valence-corrected chi connectivity index (χ0v) is 15.7. The first-order valence-corrected chi connectivity index (χ1v) is 8.75. The summed E-state index contributed by atoms with van der Waals surface area (Å²) in [7, 11) is 0. The average Bonchev–Trinajstić information content (AvgIpc) is 2.65. The first-order chi connectivity index (χ1) is 12.9. The molecule has 0 aliphatic heterocycles. The Balaban J connectivity index is 2.47. The lowest BCUT2D eigenvalue weighted by Crippen LogP contribution is -2.34. The zero-order valence-electron chi connectivity index (χ0n) is 15.7. The molecule has 7 heteroatoms. The van der Waals surface area contributed by atoms with Crippen LogP contribution in [0.25, 0.3) is 0 Å². The lowest BCUT2D eigenvalue weighted by atomic mass is 10.1. The van der Waals surface area contributed by atoms with Gasteiger partial charge in [0.25, 0.3) is 11.8 Å². The molecule has 0 saturated heterocycles. The molecule has 0 saturated carbocycles. The van der Waals surface area contributed by atoms with Crippen LogP contribution in [0.15, 0.2) is 36.4 Å². The topological polar surface area (TPSA) is 103 Å². The molecule has 2 amide bonds. The minimum absolute atomic E-state index is 0.0670. The Bertz CT molecular complexity index is 864. The van der Waals surface area contributed by atoms with Crippen LogP contribution in [0.3, 0.4) is 0 Å². The summed E-state index contributed by atoms with van der Waals surface area (Å²) in [6.07, 6.45) is 0.681. The van der Waals surface area contributed by atoms with E-state index < -0.39 is 17.8 Å². The number of aryl methyl sites for hydroxylation is 1. The Morgan fingerprint density at radius 2 is 1.89 bits per heavy atom. The summed E-state index contributed by atoms with van der Waals surface area (Å²) in [5.74, 6) is -1.63. The molecule has 0 radical (unpaired) electrons. The monoisotopic (exact) mass is 369 g/mol. The highest BCUT2D eigenvalue weighted by atomic mass is 16.5. The second-order valence-electron chi connectivity index (χ2n) is 5.94. The molecule has 142 valence electrons. The molecule has 0 fully saturated rings. The smallest absolute Gasteiger partial charge is 0.338 e. The van der Waals surface area contributed by atoms with E-state index >= 15 is 0 Å². The quantitative estimate of drug-likeness (QED) is 0.756. The van der Waals surface area contributed by atoms with Gasteiger partial charge in [-0.1, -0.05) is 13.0 Å². The number of hydrogen-bond donors (Lipinski definition) is 1. The van der Waals surface area contributed by atoms with E-state index in [1.165, 1.54) is 4.90 Å². The molecule has 2 N–H and O–H groups in total. The summed E-state index contributed by atoms with van der Waals surface area (Å²) in [6, 6.07) is 9.82. The largest absolute Gasteiger partial charge is 0.462 e. The van der Waals surface area contributed by atoms with Crippen LogP contribution in [0.5, 0.6) is 0 Å². The fourth-order valence-electron chi connectivity index (χ4n) is 2.65. The number of carbonyl (C=O) groups is 3.